The number of benzene rings is 3. The van der Waals surface area contributed by atoms with Gasteiger partial charge in [-0.1, -0.05) is 37.6 Å². The average Bonchev–Trinajstić information content (AvgIpc) is 2.67. The number of aryl methyl sites for hydroxylation is 1. The third kappa shape index (κ3) is 4.16. The molecule has 0 aliphatic rings. The molecule has 3 aromatic carbocycles. The van der Waals surface area contributed by atoms with Crippen molar-refractivity contribution in [1.29, 1.82) is 0 Å². The van der Waals surface area contributed by atoms with Crippen LogP contribution in [0.15, 0.2) is 60.7 Å². The van der Waals surface area contributed by atoms with E-state index in [1.165, 1.54) is 24.3 Å². The summed E-state index contributed by atoms with van der Waals surface area (Å²) < 4.78 is 75.0. The molecular weight excluding hydrogens is 375 g/mol. The van der Waals surface area contributed by atoms with Crippen molar-refractivity contribution >= 4 is 0 Å². The molecule has 6 heteroatoms. The van der Waals surface area contributed by atoms with Crippen LogP contribution in [0.1, 0.15) is 24.5 Å². The fourth-order valence-corrected chi connectivity index (χ4v) is 2.81. The van der Waals surface area contributed by atoms with E-state index >= 15 is 0 Å². The number of hydrogen-bond acceptors (Lipinski definition) is 1. The van der Waals surface area contributed by atoms with E-state index < -0.39 is 34.9 Å². The third-order valence-corrected chi connectivity index (χ3v) is 4.27. The van der Waals surface area contributed by atoms with Crippen molar-refractivity contribution in [2.75, 3.05) is 0 Å². The van der Waals surface area contributed by atoms with Gasteiger partial charge in [-0.25, -0.2) is 8.78 Å². The summed E-state index contributed by atoms with van der Waals surface area (Å²) in [5.41, 5.74) is 0.456. The molecule has 146 valence electrons. The van der Waals surface area contributed by atoms with Crippen molar-refractivity contribution in [3.05, 3.63) is 89.2 Å². The van der Waals surface area contributed by atoms with Crippen LogP contribution in [0, 0.1) is 17.5 Å². The first-order valence-electron chi connectivity index (χ1n) is 8.72. The Kier molecular flexibility index (Phi) is 5.68. The van der Waals surface area contributed by atoms with Gasteiger partial charge in [0.1, 0.15) is 5.82 Å². The van der Waals surface area contributed by atoms with Gasteiger partial charge in [-0.2, -0.15) is 13.2 Å². The van der Waals surface area contributed by atoms with Gasteiger partial charge >= 0.3 is 6.11 Å². The Bertz CT molecular complexity index is 950. The molecule has 0 spiro atoms. The van der Waals surface area contributed by atoms with Gasteiger partial charge in [0, 0.05) is 5.56 Å². The highest BCUT2D eigenvalue weighted by Gasteiger charge is 2.36. The highest BCUT2D eigenvalue weighted by molar-refractivity contribution is 5.65. The fourth-order valence-electron chi connectivity index (χ4n) is 2.81. The fraction of sp³-hybridized carbons (Fsp3) is 0.182. The van der Waals surface area contributed by atoms with Crippen molar-refractivity contribution in [3.63, 3.8) is 0 Å². The van der Waals surface area contributed by atoms with Crippen LogP contribution < -0.4 is 4.74 Å². The lowest BCUT2D eigenvalue weighted by Crippen LogP contribution is -2.22. The van der Waals surface area contributed by atoms with Gasteiger partial charge in [0.25, 0.3) is 0 Å². The van der Waals surface area contributed by atoms with E-state index in [1.807, 2.05) is 6.92 Å². The second-order valence-corrected chi connectivity index (χ2v) is 6.31. The number of hydrogen-bond donors (Lipinski definition) is 0. The smallest absolute Gasteiger partial charge is 0.426 e. The molecule has 0 radical (unpaired) electrons. The van der Waals surface area contributed by atoms with Gasteiger partial charge in [0.15, 0.2) is 11.6 Å². The molecule has 0 heterocycles. The predicted molar refractivity (Wildman–Crippen MR) is 96.7 cm³/mol. The molecule has 0 N–H and O–H groups in total. The van der Waals surface area contributed by atoms with E-state index in [1.54, 1.807) is 12.1 Å². The molecule has 0 saturated carbocycles. The lowest BCUT2D eigenvalue weighted by Gasteiger charge is -2.19. The quantitative estimate of drug-likeness (QED) is 0.417. The average molecular weight is 392 g/mol. The SMILES string of the molecule is CCCc1ccc(C(F)(F)Oc2ccc(-c3ccc(F)cc3)c(F)c2F)cc1. The zero-order valence-electron chi connectivity index (χ0n) is 15.0. The van der Waals surface area contributed by atoms with E-state index in [4.69, 9.17) is 0 Å². The summed E-state index contributed by atoms with van der Waals surface area (Å²) in [6, 6.07) is 12.2. The minimum absolute atomic E-state index is 0.183. The van der Waals surface area contributed by atoms with Gasteiger partial charge < -0.3 is 4.74 Å². The number of alkyl halides is 2. The van der Waals surface area contributed by atoms with E-state index in [2.05, 4.69) is 4.74 Å². The first-order valence-corrected chi connectivity index (χ1v) is 8.72. The normalized spacial score (nSPS) is 11.5. The van der Waals surface area contributed by atoms with Crippen LogP contribution >= 0.6 is 0 Å². The Hall–Kier alpha value is -2.89. The minimum Gasteiger partial charge on any atom is -0.426 e. The van der Waals surface area contributed by atoms with Crippen LogP contribution in [0.5, 0.6) is 5.75 Å². The molecule has 3 aromatic rings. The Balaban J connectivity index is 1.87. The molecule has 0 aliphatic heterocycles. The van der Waals surface area contributed by atoms with Crippen molar-refractivity contribution in [2.45, 2.75) is 25.9 Å². The Labute approximate surface area is 159 Å². The molecule has 0 unspecified atom stereocenters. The molecule has 3 rings (SSSR count). The topological polar surface area (TPSA) is 9.23 Å². The van der Waals surface area contributed by atoms with Gasteiger partial charge in [-0.3, -0.25) is 0 Å². The van der Waals surface area contributed by atoms with Crippen LogP contribution in [0.3, 0.4) is 0 Å². The Morgan fingerprint density at radius 3 is 2.04 bits per heavy atom. The molecule has 1 nitrogen and oxygen atoms in total. The van der Waals surface area contributed by atoms with Crippen LogP contribution in [0.4, 0.5) is 22.0 Å². The zero-order chi connectivity index (χ0) is 20.3. The summed E-state index contributed by atoms with van der Waals surface area (Å²) in [5, 5.41) is 0. The Morgan fingerprint density at radius 2 is 1.43 bits per heavy atom. The molecule has 0 atom stereocenters. The first kappa shape index (κ1) is 19.9. The minimum atomic E-state index is -3.84. The maximum absolute atomic E-state index is 14.4. The second kappa shape index (κ2) is 8.00. The molecule has 0 bridgehead atoms. The van der Waals surface area contributed by atoms with Gasteiger partial charge in [0.2, 0.25) is 5.82 Å². The highest BCUT2D eigenvalue weighted by Crippen LogP contribution is 2.36. The molecule has 0 aromatic heterocycles. The number of ether oxygens (including phenoxy) is 1. The van der Waals surface area contributed by atoms with Crippen molar-refractivity contribution in [3.8, 4) is 16.9 Å². The van der Waals surface area contributed by atoms with Crippen LogP contribution in [0.25, 0.3) is 11.1 Å². The first-order chi connectivity index (χ1) is 13.3. The molecule has 0 amide bonds. The predicted octanol–water partition coefficient (Wildman–Crippen LogP) is 6.85. The van der Waals surface area contributed by atoms with Crippen LogP contribution in [0.2, 0.25) is 0 Å². The van der Waals surface area contributed by atoms with Crippen molar-refractivity contribution in [1.82, 2.24) is 0 Å². The summed E-state index contributed by atoms with van der Waals surface area (Å²) in [5.74, 6) is -4.33. The van der Waals surface area contributed by atoms with Crippen LogP contribution in [-0.4, -0.2) is 0 Å². The molecular formula is C22H17F5O. The number of rotatable bonds is 6. The summed E-state index contributed by atoms with van der Waals surface area (Å²) in [6.45, 7) is 1.97. The van der Waals surface area contributed by atoms with E-state index in [-0.39, 0.29) is 11.1 Å². The monoisotopic (exact) mass is 392 g/mol. The number of halogens is 5. The molecule has 0 saturated heterocycles. The Morgan fingerprint density at radius 1 is 0.786 bits per heavy atom. The summed E-state index contributed by atoms with van der Waals surface area (Å²) in [4.78, 5) is 0. The summed E-state index contributed by atoms with van der Waals surface area (Å²) in [7, 11) is 0. The maximum atomic E-state index is 14.4. The largest absolute Gasteiger partial charge is 0.426 e. The van der Waals surface area contributed by atoms with Gasteiger partial charge in [0.05, 0.1) is 5.56 Å². The molecule has 0 aliphatic carbocycles. The maximum Gasteiger partial charge on any atom is 0.426 e. The van der Waals surface area contributed by atoms with E-state index in [9.17, 15) is 22.0 Å². The standard InChI is InChI=1S/C22H17F5O/c1-2-3-14-4-8-16(9-5-14)22(26,27)28-19-13-12-18(20(24)21(19)25)15-6-10-17(23)11-7-15/h4-13H,2-3H2,1H3. The molecule has 0 fully saturated rings. The van der Waals surface area contributed by atoms with E-state index in [0.717, 1.165) is 42.7 Å². The molecule has 28 heavy (non-hydrogen) atoms. The van der Waals surface area contributed by atoms with Gasteiger partial charge in [-0.15, -0.1) is 0 Å². The van der Waals surface area contributed by atoms with Gasteiger partial charge in [-0.05, 0) is 53.9 Å². The summed E-state index contributed by atoms with van der Waals surface area (Å²) >= 11 is 0. The lowest BCUT2D eigenvalue weighted by atomic mass is 10.0. The van der Waals surface area contributed by atoms with Crippen LogP contribution in [-0.2, 0) is 12.5 Å². The third-order valence-electron chi connectivity index (χ3n) is 4.27. The summed E-state index contributed by atoms with van der Waals surface area (Å²) in [6.07, 6.45) is -2.22. The van der Waals surface area contributed by atoms with E-state index in [0.29, 0.717) is 0 Å². The second-order valence-electron chi connectivity index (χ2n) is 6.31. The van der Waals surface area contributed by atoms with Crippen molar-refractivity contribution in [2.24, 2.45) is 0 Å². The highest BCUT2D eigenvalue weighted by atomic mass is 19.3. The lowest BCUT2D eigenvalue weighted by molar-refractivity contribution is -0.187. The zero-order valence-corrected chi connectivity index (χ0v) is 15.0. The van der Waals surface area contributed by atoms with Crippen molar-refractivity contribution < 1.29 is 26.7 Å².